The molecular weight excluding hydrogens is 348 g/mol. The maximum Gasteiger partial charge on any atom is 0.276 e. The number of benzene rings is 1. The van der Waals surface area contributed by atoms with E-state index in [2.05, 4.69) is 10.4 Å². The molecule has 1 aliphatic rings. The zero-order valence-electron chi connectivity index (χ0n) is 13.1. The van der Waals surface area contributed by atoms with Crippen molar-refractivity contribution in [2.45, 2.75) is 6.54 Å². The highest BCUT2D eigenvalue weighted by atomic mass is 35.5. The van der Waals surface area contributed by atoms with E-state index in [1.807, 2.05) is 18.2 Å². The Bertz CT molecular complexity index is 846. The second-order valence-corrected chi connectivity index (χ2v) is 6.10. The van der Waals surface area contributed by atoms with Gasteiger partial charge in [-0.1, -0.05) is 17.7 Å². The third-order valence-corrected chi connectivity index (χ3v) is 4.20. The van der Waals surface area contributed by atoms with Crippen LogP contribution >= 0.6 is 23.8 Å². The highest BCUT2D eigenvalue weighted by Crippen LogP contribution is 2.23. The van der Waals surface area contributed by atoms with Crippen molar-refractivity contribution in [2.75, 3.05) is 14.2 Å². The van der Waals surface area contributed by atoms with Gasteiger partial charge in [0.2, 0.25) is 0 Å². The lowest BCUT2D eigenvalue weighted by molar-refractivity contribution is -0.121. The molecule has 0 radical (unpaired) electrons. The molecule has 0 saturated carbocycles. The minimum absolute atomic E-state index is 0.156. The first kappa shape index (κ1) is 16.5. The molecule has 1 N–H and O–H groups in total. The van der Waals surface area contributed by atoms with E-state index in [-0.39, 0.29) is 5.91 Å². The summed E-state index contributed by atoms with van der Waals surface area (Å²) in [6.45, 7) is 0.507. The molecule has 1 aliphatic heterocycles. The molecule has 2 aromatic rings. The molecule has 1 amide bonds. The predicted octanol–water partition coefficient (Wildman–Crippen LogP) is 2.28. The van der Waals surface area contributed by atoms with Crippen LogP contribution in [0.2, 0.25) is 5.02 Å². The van der Waals surface area contributed by atoms with Crippen LogP contribution in [0.5, 0.6) is 5.75 Å². The number of rotatable bonds is 4. The number of thiocarbonyl (C=S) groups is 1. The Morgan fingerprint density at radius 2 is 2.25 bits per heavy atom. The smallest absolute Gasteiger partial charge is 0.276 e. The Morgan fingerprint density at radius 1 is 1.46 bits per heavy atom. The van der Waals surface area contributed by atoms with E-state index in [0.717, 1.165) is 16.9 Å². The molecule has 0 bridgehead atoms. The first-order chi connectivity index (χ1) is 11.5. The number of halogens is 1. The van der Waals surface area contributed by atoms with Crippen molar-refractivity contribution in [3.8, 4) is 5.75 Å². The summed E-state index contributed by atoms with van der Waals surface area (Å²) < 4.78 is 7.12. The van der Waals surface area contributed by atoms with Crippen LogP contribution in [0.3, 0.4) is 0 Å². The molecule has 124 valence electrons. The molecule has 3 rings (SSSR count). The van der Waals surface area contributed by atoms with Gasteiger partial charge in [0, 0.05) is 18.8 Å². The number of nitrogens with zero attached hydrogens (tertiary/aromatic N) is 3. The highest BCUT2D eigenvalue weighted by molar-refractivity contribution is 7.80. The van der Waals surface area contributed by atoms with Crippen LogP contribution in [0.15, 0.2) is 36.3 Å². The van der Waals surface area contributed by atoms with Crippen LogP contribution in [-0.4, -0.2) is 39.9 Å². The average molecular weight is 363 g/mol. The molecule has 1 saturated heterocycles. The fourth-order valence-electron chi connectivity index (χ4n) is 2.40. The standard InChI is InChI=1S/C16H15ClN4O2S/c1-20-15(22)13(19-16(20)24)6-10-3-4-14(23-2)11(5-10)8-21-9-12(17)7-18-21/h3-7,9H,8H2,1-2H3,(H,19,24)/b13-6+. The number of likely N-dealkylation sites (N-methyl/N-ethyl adjacent to an activating group) is 1. The summed E-state index contributed by atoms with van der Waals surface area (Å²) in [5.41, 5.74) is 2.23. The quantitative estimate of drug-likeness (QED) is 0.668. The molecule has 1 aromatic heterocycles. The molecule has 2 heterocycles. The lowest BCUT2D eigenvalue weighted by Crippen LogP contribution is -2.25. The zero-order valence-corrected chi connectivity index (χ0v) is 14.7. The van der Waals surface area contributed by atoms with E-state index in [1.54, 1.807) is 37.3 Å². The van der Waals surface area contributed by atoms with Crippen LogP contribution in [0, 0.1) is 0 Å². The van der Waals surface area contributed by atoms with E-state index < -0.39 is 0 Å². The van der Waals surface area contributed by atoms with Crippen LogP contribution in [-0.2, 0) is 11.3 Å². The van der Waals surface area contributed by atoms with Gasteiger partial charge in [-0.2, -0.15) is 5.10 Å². The van der Waals surface area contributed by atoms with E-state index in [1.165, 1.54) is 4.90 Å². The van der Waals surface area contributed by atoms with E-state index >= 15 is 0 Å². The summed E-state index contributed by atoms with van der Waals surface area (Å²) >= 11 is 11.0. The monoisotopic (exact) mass is 362 g/mol. The first-order valence-corrected chi connectivity index (χ1v) is 7.92. The molecule has 0 spiro atoms. The SMILES string of the molecule is COc1ccc(/C=C2/NC(=S)N(C)C2=O)cc1Cn1cc(Cl)cn1. The van der Waals surface area contributed by atoms with Gasteiger partial charge in [0.25, 0.3) is 5.91 Å². The van der Waals surface area contributed by atoms with E-state index in [0.29, 0.717) is 22.4 Å². The van der Waals surface area contributed by atoms with E-state index in [9.17, 15) is 4.79 Å². The second-order valence-electron chi connectivity index (χ2n) is 5.28. The maximum atomic E-state index is 12.1. The molecule has 0 atom stereocenters. The minimum Gasteiger partial charge on any atom is -0.496 e. The summed E-state index contributed by atoms with van der Waals surface area (Å²) in [7, 11) is 3.25. The van der Waals surface area contributed by atoms with Gasteiger partial charge in [-0.15, -0.1) is 0 Å². The number of hydrogen-bond donors (Lipinski definition) is 1. The van der Waals surface area contributed by atoms with Crippen LogP contribution in [0.1, 0.15) is 11.1 Å². The molecule has 1 aromatic carbocycles. The maximum absolute atomic E-state index is 12.1. The number of nitrogens with one attached hydrogen (secondary N) is 1. The van der Waals surface area contributed by atoms with Gasteiger partial charge in [-0.25, -0.2) is 0 Å². The molecule has 6 nitrogen and oxygen atoms in total. The molecule has 0 unspecified atom stereocenters. The molecule has 8 heteroatoms. The summed E-state index contributed by atoms with van der Waals surface area (Å²) in [5, 5.41) is 8.05. The normalized spacial score (nSPS) is 16.0. The number of carbonyl (C=O) groups excluding carboxylic acids is 1. The van der Waals surface area contributed by atoms with E-state index in [4.69, 9.17) is 28.6 Å². The molecular formula is C16H15ClN4O2S. The average Bonchev–Trinajstić information content (AvgIpc) is 3.07. The lowest BCUT2D eigenvalue weighted by Gasteiger charge is -2.10. The topological polar surface area (TPSA) is 59.4 Å². The van der Waals surface area contributed by atoms with Crippen molar-refractivity contribution in [1.29, 1.82) is 0 Å². The van der Waals surface area contributed by atoms with Gasteiger partial charge in [0.15, 0.2) is 5.11 Å². The van der Waals surface area contributed by atoms with Crippen molar-refractivity contribution >= 4 is 40.9 Å². The third kappa shape index (κ3) is 3.27. The molecule has 24 heavy (non-hydrogen) atoms. The van der Waals surface area contributed by atoms with Gasteiger partial charge < -0.3 is 10.1 Å². The predicted molar refractivity (Wildman–Crippen MR) is 95.8 cm³/mol. The number of amides is 1. The van der Waals surface area contributed by atoms with Crippen molar-refractivity contribution < 1.29 is 9.53 Å². The number of ether oxygens (including phenoxy) is 1. The van der Waals surface area contributed by atoms with Crippen molar-refractivity contribution in [3.05, 3.63) is 52.4 Å². The van der Waals surface area contributed by atoms with Gasteiger partial charge in [0.1, 0.15) is 11.4 Å². The Labute approximate surface area is 149 Å². The van der Waals surface area contributed by atoms with Crippen molar-refractivity contribution in [1.82, 2.24) is 20.0 Å². The van der Waals surface area contributed by atoms with Crippen molar-refractivity contribution in [3.63, 3.8) is 0 Å². The summed E-state index contributed by atoms with van der Waals surface area (Å²) in [6, 6.07) is 5.67. The number of hydrogen-bond acceptors (Lipinski definition) is 4. The van der Waals surface area contributed by atoms with Gasteiger partial charge >= 0.3 is 0 Å². The molecule has 1 fully saturated rings. The third-order valence-electron chi connectivity index (χ3n) is 3.63. The van der Waals surface area contributed by atoms with Gasteiger partial charge in [-0.3, -0.25) is 14.4 Å². The van der Waals surface area contributed by atoms with Gasteiger partial charge in [0.05, 0.1) is 24.9 Å². The van der Waals surface area contributed by atoms with Gasteiger partial charge in [-0.05, 0) is 36.0 Å². The number of carbonyl (C=O) groups is 1. The Hall–Kier alpha value is -2.38. The molecule has 0 aliphatic carbocycles. The minimum atomic E-state index is -0.156. The fourth-order valence-corrected chi connectivity index (χ4v) is 2.75. The highest BCUT2D eigenvalue weighted by Gasteiger charge is 2.26. The Morgan fingerprint density at radius 3 is 2.83 bits per heavy atom. The summed E-state index contributed by atoms with van der Waals surface area (Å²) in [4.78, 5) is 13.5. The largest absolute Gasteiger partial charge is 0.496 e. The second kappa shape index (κ2) is 6.62. The first-order valence-electron chi connectivity index (χ1n) is 7.13. The summed E-state index contributed by atoms with van der Waals surface area (Å²) in [6.07, 6.45) is 5.08. The van der Waals surface area contributed by atoms with Crippen LogP contribution in [0.25, 0.3) is 6.08 Å². The Balaban J connectivity index is 1.92. The van der Waals surface area contributed by atoms with Crippen molar-refractivity contribution in [2.24, 2.45) is 0 Å². The number of methoxy groups -OCH3 is 1. The van der Waals surface area contributed by atoms with Crippen LogP contribution < -0.4 is 10.1 Å². The zero-order chi connectivity index (χ0) is 17.3. The lowest BCUT2D eigenvalue weighted by atomic mass is 10.1. The van der Waals surface area contributed by atoms with Crippen LogP contribution in [0.4, 0.5) is 0 Å². The number of aromatic nitrogens is 2. The fraction of sp³-hybridized carbons (Fsp3) is 0.188. The summed E-state index contributed by atoms with van der Waals surface area (Å²) in [5.74, 6) is 0.582. The Kier molecular flexibility index (Phi) is 4.55.